The van der Waals surface area contributed by atoms with Crippen molar-refractivity contribution in [2.75, 3.05) is 6.54 Å². The van der Waals surface area contributed by atoms with Crippen molar-refractivity contribution in [1.29, 1.82) is 0 Å². The van der Waals surface area contributed by atoms with Crippen LogP contribution in [0, 0.1) is 0 Å². The van der Waals surface area contributed by atoms with Crippen molar-refractivity contribution < 1.29 is 19.4 Å². The molecule has 0 unspecified atom stereocenters. The van der Waals surface area contributed by atoms with Crippen molar-refractivity contribution in [2.24, 2.45) is 0 Å². The summed E-state index contributed by atoms with van der Waals surface area (Å²) in [5.41, 5.74) is 0.0697. The van der Waals surface area contributed by atoms with E-state index < -0.39 is 17.7 Å². The molecule has 0 aliphatic rings. The smallest absolute Gasteiger partial charge is 0.407 e. The largest absolute Gasteiger partial charge is 0.478 e. The first kappa shape index (κ1) is 15.7. The molecule has 20 heavy (non-hydrogen) atoms. The number of pyridine rings is 1. The fourth-order valence-electron chi connectivity index (χ4n) is 1.33. The first-order valence-corrected chi connectivity index (χ1v) is 6.08. The second-order valence-electron chi connectivity index (χ2n) is 5.12. The van der Waals surface area contributed by atoms with Crippen molar-refractivity contribution in [3.05, 3.63) is 35.7 Å². The summed E-state index contributed by atoms with van der Waals surface area (Å²) in [6.07, 6.45) is 3.93. The average molecular weight is 278 g/mol. The van der Waals surface area contributed by atoms with Gasteiger partial charge in [-0.05, 0) is 38.5 Å². The van der Waals surface area contributed by atoms with Gasteiger partial charge in [-0.3, -0.25) is 4.98 Å². The SMILES string of the molecule is CC(C)(C)OC(=O)NCC(=Cc1cccnc1)C(=O)O. The summed E-state index contributed by atoms with van der Waals surface area (Å²) in [6.45, 7) is 5.07. The Morgan fingerprint density at radius 2 is 2.15 bits per heavy atom. The van der Waals surface area contributed by atoms with Crippen LogP contribution in [0.15, 0.2) is 30.1 Å². The molecule has 0 saturated carbocycles. The zero-order chi connectivity index (χ0) is 15.2. The molecule has 1 heterocycles. The molecule has 1 aromatic rings. The van der Waals surface area contributed by atoms with E-state index in [2.05, 4.69) is 10.3 Å². The lowest BCUT2D eigenvalue weighted by Gasteiger charge is -2.19. The first-order valence-electron chi connectivity index (χ1n) is 6.08. The number of nitrogens with one attached hydrogen (secondary N) is 1. The number of aliphatic carboxylic acids is 1. The Morgan fingerprint density at radius 3 is 2.65 bits per heavy atom. The molecule has 1 rings (SSSR count). The van der Waals surface area contributed by atoms with Gasteiger partial charge in [-0.15, -0.1) is 0 Å². The molecule has 0 atom stereocenters. The Balaban J connectivity index is 2.68. The lowest BCUT2D eigenvalue weighted by Crippen LogP contribution is -2.34. The highest BCUT2D eigenvalue weighted by atomic mass is 16.6. The lowest BCUT2D eigenvalue weighted by molar-refractivity contribution is -0.132. The zero-order valence-corrected chi connectivity index (χ0v) is 11.7. The molecule has 1 amide bonds. The van der Waals surface area contributed by atoms with Crippen LogP contribution in [-0.4, -0.2) is 34.3 Å². The molecular formula is C14H18N2O4. The summed E-state index contributed by atoms with van der Waals surface area (Å²) in [5.74, 6) is -1.11. The van der Waals surface area contributed by atoms with Crippen LogP contribution in [0.3, 0.4) is 0 Å². The Bertz CT molecular complexity index is 504. The lowest BCUT2D eigenvalue weighted by atomic mass is 10.1. The third-order valence-electron chi connectivity index (χ3n) is 2.12. The molecule has 0 aromatic carbocycles. The van der Waals surface area contributed by atoms with E-state index in [4.69, 9.17) is 9.84 Å². The fraction of sp³-hybridized carbons (Fsp3) is 0.357. The molecule has 0 saturated heterocycles. The third-order valence-corrected chi connectivity index (χ3v) is 2.12. The summed E-state index contributed by atoms with van der Waals surface area (Å²) in [6, 6.07) is 3.43. The number of alkyl carbamates (subject to hydrolysis) is 1. The van der Waals surface area contributed by atoms with Gasteiger partial charge >= 0.3 is 12.1 Å². The van der Waals surface area contributed by atoms with Crippen LogP contribution in [0.2, 0.25) is 0 Å². The van der Waals surface area contributed by atoms with E-state index in [0.717, 1.165) is 0 Å². The number of ether oxygens (including phenoxy) is 1. The standard InChI is InChI=1S/C14H18N2O4/c1-14(2,3)20-13(19)16-9-11(12(17)18)7-10-5-4-6-15-8-10/h4-8H,9H2,1-3H3,(H,16,19)(H,17,18). The van der Waals surface area contributed by atoms with E-state index in [0.29, 0.717) is 5.56 Å². The maximum atomic E-state index is 11.5. The number of aromatic nitrogens is 1. The quantitative estimate of drug-likeness (QED) is 0.823. The average Bonchev–Trinajstić information content (AvgIpc) is 2.33. The van der Waals surface area contributed by atoms with Crippen molar-refractivity contribution in [3.8, 4) is 0 Å². The van der Waals surface area contributed by atoms with Crippen LogP contribution in [0.1, 0.15) is 26.3 Å². The normalized spacial score (nSPS) is 11.8. The van der Waals surface area contributed by atoms with E-state index in [9.17, 15) is 9.59 Å². The molecule has 0 aliphatic heterocycles. The van der Waals surface area contributed by atoms with Crippen LogP contribution in [0.4, 0.5) is 4.79 Å². The minimum Gasteiger partial charge on any atom is -0.478 e. The summed E-state index contributed by atoms with van der Waals surface area (Å²) in [7, 11) is 0. The summed E-state index contributed by atoms with van der Waals surface area (Å²) in [4.78, 5) is 26.5. The van der Waals surface area contributed by atoms with Gasteiger partial charge in [-0.25, -0.2) is 9.59 Å². The van der Waals surface area contributed by atoms with E-state index in [1.54, 1.807) is 39.1 Å². The van der Waals surface area contributed by atoms with Crippen molar-refractivity contribution in [2.45, 2.75) is 26.4 Å². The molecular weight excluding hydrogens is 260 g/mol. The second kappa shape index (κ2) is 6.70. The molecule has 6 nitrogen and oxygen atoms in total. The van der Waals surface area contributed by atoms with Gasteiger partial charge in [0.25, 0.3) is 0 Å². The Hall–Kier alpha value is -2.37. The van der Waals surface area contributed by atoms with Crippen molar-refractivity contribution in [3.63, 3.8) is 0 Å². The van der Waals surface area contributed by atoms with E-state index >= 15 is 0 Å². The van der Waals surface area contributed by atoms with Crippen molar-refractivity contribution >= 4 is 18.1 Å². The van der Waals surface area contributed by atoms with Gasteiger partial charge in [0.1, 0.15) is 5.60 Å². The topological polar surface area (TPSA) is 88.5 Å². The van der Waals surface area contributed by atoms with Gasteiger partial charge in [0.2, 0.25) is 0 Å². The number of amides is 1. The van der Waals surface area contributed by atoms with Crippen LogP contribution < -0.4 is 5.32 Å². The molecule has 108 valence electrons. The van der Waals surface area contributed by atoms with E-state index in [1.807, 2.05) is 0 Å². The number of hydrogen-bond donors (Lipinski definition) is 2. The number of nitrogens with zero attached hydrogens (tertiary/aromatic N) is 1. The Kier molecular flexibility index (Phi) is 5.25. The summed E-state index contributed by atoms with van der Waals surface area (Å²) >= 11 is 0. The molecule has 0 bridgehead atoms. The van der Waals surface area contributed by atoms with Gasteiger partial charge in [-0.1, -0.05) is 6.07 Å². The van der Waals surface area contributed by atoms with Gasteiger partial charge in [0.05, 0.1) is 12.1 Å². The molecule has 0 aliphatic carbocycles. The second-order valence-corrected chi connectivity index (χ2v) is 5.12. The molecule has 0 fully saturated rings. The maximum Gasteiger partial charge on any atom is 0.407 e. The predicted octanol–water partition coefficient (Wildman–Crippen LogP) is 2.07. The predicted molar refractivity (Wildman–Crippen MR) is 74.1 cm³/mol. The highest BCUT2D eigenvalue weighted by molar-refractivity contribution is 5.93. The molecule has 1 aromatic heterocycles. The van der Waals surface area contributed by atoms with Crippen molar-refractivity contribution in [1.82, 2.24) is 10.3 Å². The number of carbonyl (C=O) groups is 2. The van der Waals surface area contributed by atoms with Crippen LogP contribution >= 0.6 is 0 Å². The minimum absolute atomic E-state index is 0.0452. The van der Waals surface area contributed by atoms with Gasteiger partial charge in [0, 0.05) is 12.4 Å². The molecule has 0 radical (unpaired) electrons. The number of hydrogen-bond acceptors (Lipinski definition) is 4. The maximum absolute atomic E-state index is 11.5. The van der Waals surface area contributed by atoms with Gasteiger partial charge < -0.3 is 15.2 Å². The van der Waals surface area contributed by atoms with Crippen LogP contribution in [0.25, 0.3) is 6.08 Å². The number of carbonyl (C=O) groups excluding carboxylic acids is 1. The number of rotatable bonds is 4. The van der Waals surface area contributed by atoms with Crippen LogP contribution in [-0.2, 0) is 9.53 Å². The van der Waals surface area contributed by atoms with Crippen LogP contribution in [0.5, 0.6) is 0 Å². The highest BCUT2D eigenvalue weighted by Gasteiger charge is 2.17. The minimum atomic E-state index is -1.11. The number of carboxylic acids is 1. The third kappa shape index (κ3) is 5.99. The van der Waals surface area contributed by atoms with Gasteiger partial charge in [-0.2, -0.15) is 0 Å². The highest BCUT2D eigenvalue weighted by Crippen LogP contribution is 2.08. The molecule has 0 spiro atoms. The zero-order valence-electron chi connectivity index (χ0n) is 11.7. The number of carboxylic acid groups (broad SMARTS) is 1. The summed E-state index contributed by atoms with van der Waals surface area (Å²) in [5, 5.41) is 11.5. The monoisotopic (exact) mass is 278 g/mol. The summed E-state index contributed by atoms with van der Waals surface area (Å²) < 4.78 is 5.04. The Labute approximate surface area is 117 Å². The fourth-order valence-corrected chi connectivity index (χ4v) is 1.33. The molecule has 2 N–H and O–H groups in total. The van der Waals surface area contributed by atoms with Gasteiger partial charge in [0.15, 0.2) is 0 Å². The van der Waals surface area contributed by atoms with E-state index in [-0.39, 0.29) is 12.1 Å². The molecule has 6 heteroatoms. The Morgan fingerprint density at radius 1 is 1.45 bits per heavy atom. The first-order chi connectivity index (χ1) is 9.28. The van der Waals surface area contributed by atoms with E-state index in [1.165, 1.54) is 12.3 Å².